The number of benzene rings is 1. The second kappa shape index (κ2) is 5.19. The standard InChI is InChI=1S/C15H18N2O/c1-10-4-5-11(2)14(8-10)18-15-7-6-13(9-16)12(3)17-15/h4-8H,9,16H2,1-3H3. The molecule has 2 aromatic rings. The lowest BCUT2D eigenvalue weighted by molar-refractivity contribution is 0.457. The van der Waals surface area contributed by atoms with E-state index in [9.17, 15) is 0 Å². The first-order valence-electron chi connectivity index (χ1n) is 6.02. The number of nitrogens with zero attached hydrogens (tertiary/aromatic N) is 1. The van der Waals surface area contributed by atoms with Gasteiger partial charge >= 0.3 is 0 Å². The van der Waals surface area contributed by atoms with Crippen LogP contribution in [0.1, 0.15) is 22.4 Å². The summed E-state index contributed by atoms with van der Waals surface area (Å²) in [6, 6.07) is 9.95. The van der Waals surface area contributed by atoms with E-state index in [1.54, 1.807) is 0 Å². The SMILES string of the molecule is Cc1ccc(C)c(Oc2ccc(CN)c(C)n2)c1. The van der Waals surface area contributed by atoms with Gasteiger partial charge < -0.3 is 10.5 Å². The maximum Gasteiger partial charge on any atom is 0.219 e. The predicted octanol–water partition coefficient (Wildman–Crippen LogP) is 3.26. The Kier molecular flexibility index (Phi) is 3.63. The lowest BCUT2D eigenvalue weighted by Gasteiger charge is -2.10. The van der Waals surface area contributed by atoms with E-state index in [1.165, 1.54) is 5.56 Å². The third kappa shape index (κ3) is 2.68. The molecule has 0 atom stereocenters. The van der Waals surface area contributed by atoms with Gasteiger partial charge in [-0.15, -0.1) is 0 Å². The molecular formula is C15H18N2O. The normalized spacial score (nSPS) is 10.4. The molecular weight excluding hydrogens is 224 g/mol. The van der Waals surface area contributed by atoms with Crippen LogP contribution in [0, 0.1) is 20.8 Å². The highest BCUT2D eigenvalue weighted by Crippen LogP contribution is 2.25. The smallest absolute Gasteiger partial charge is 0.219 e. The second-order valence-corrected chi connectivity index (χ2v) is 4.47. The number of rotatable bonds is 3. The largest absolute Gasteiger partial charge is 0.439 e. The highest BCUT2D eigenvalue weighted by atomic mass is 16.5. The van der Waals surface area contributed by atoms with Gasteiger partial charge in [-0.05, 0) is 43.5 Å². The Labute approximate surface area is 108 Å². The summed E-state index contributed by atoms with van der Waals surface area (Å²) < 4.78 is 5.82. The fourth-order valence-electron chi connectivity index (χ4n) is 1.77. The molecule has 0 fully saturated rings. The lowest BCUT2D eigenvalue weighted by Crippen LogP contribution is -2.01. The maximum atomic E-state index is 5.82. The number of aromatic nitrogens is 1. The quantitative estimate of drug-likeness (QED) is 0.898. The summed E-state index contributed by atoms with van der Waals surface area (Å²) >= 11 is 0. The van der Waals surface area contributed by atoms with Crippen molar-refractivity contribution in [2.75, 3.05) is 0 Å². The summed E-state index contributed by atoms with van der Waals surface area (Å²) in [5, 5.41) is 0. The summed E-state index contributed by atoms with van der Waals surface area (Å²) in [4.78, 5) is 4.41. The van der Waals surface area contributed by atoms with E-state index in [4.69, 9.17) is 10.5 Å². The summed E-state index contributed by atoms with van der Waals surface area (Å²) in [7, 11) is 0. The molecule has 0 bridgehead atoms. The van der Waals surface area contributed by atoms with E-state index in [-0.39, 0.29) is 0 Å². The molecule has 94 valence electrons. The molecule has 1 aromatic carbocycles. The molecule has 0 unspecified atom stereocenters. The number of hydrogen-bond acceptors (Lipinski definition) is 3. The molecule has 0 aliphatic rings. The lowest BCUT2D eigenvalue weighted by atomic mass is 10.1. The summed E-state index contributed by atoms with van der Waals surface area (Å²) in [6.07, 6.45) is 0. The van der Waals surface area contributed by atoms with E-state index in [0.29, 0.717) is 12.4 Å². The fourth-order valence-corrected chi connectivity index (χ4v) is 1.77. The van der Waals surface area contributed by atoms with E-state index in [1.807, 2.05) is 45.0 Å². The summed E-state index contributed by atoms with van der Waals surface area (Å²) in [5.74, 6) is 1.46. The van der Waals surface area contributed by atoms with Gasteiger partial charge in [0.25, 0.3) is 0 Å². The van der Waals surface area contributed by atoms with Gasteiger partial charge in [-0.25, -0.2) is 4.98 Å². The number of nitrogens with two attached hydrogens (primary N) is 1. The Balaban J connectivity index is 2.28. The molecule has 0 radical (unpaired) electrons. The first-order chi connectivity index (χ1) is 8.60. The predicted molar refractivity (Wildman–Crippen MR) is 72.9 cm³/mol. The highest BCUT2D eigenvalue weighted by Gasteiger charge is 2.05. The Morgan fingerprint density at radius 3 is 2.56 bits per heavy atom. The van der Waals surface area contributed by atoms with Crippen molar-refractivity contribution in [3.63, 3.8) is 0 Å². The van der Waals surface area contributed by atoms with Crippen LogP contribution in [0.3, 0.4) is 0 Å². The topological polar surface area (TPSA) is 48.1 Å². The van der Waals surface area contributed by atoms with Crippen LogP contribution < -0.4 is 10.5 Å². The number of hydrogen-bond donors (Lipinski definition) is 1. The van der Waals surface area contributed by atoms with E-state index in [2.05, 4.69) is 11.1 Å². The molecule has 0 amide bonds. The molecule has 0 aliphatic carbocycles. The van der Waals surface area contributed by atoms with Gasteiger partial charge in [0.15, 0.2) is 0 Å². The minimum absolute atomic E-state index is 0.503. The Bertz CT molecular complexity index is 564. The zero-order valence-electron chi connectivity index (χ0n) is 11.0. The average molecular weight is 242 g/mol. The molecule has 3 nitrogen and oxygen atoms in total. The third-order valence-corrected chi connectivity index (χ3v) is 2.95. The number of aryl methyl sites for hydroxylation is 3. The Morgan fingerprint density at radius 1 is 1.11 bits per heavy atom. The van der Waals surface area contributed by atoms with Gasteiger partial charge in [-0.2, -0.15) is 0 Å². The van der Waals surface area contributed by atoms with Crippen molar-refractivity contribution in [1.29, 1.82) is 0 Å². The number of pyridine rings is 1. The Hall–Kier alpha value is -1.87. The van der Waals surface area contributed by atoms with Crippen molar-refractivity contribution in [2.45, 2.75) is 27.3 Å². The summed E-state index contributed by atoms with van der Waals surface area (Å²) in [6.45, 7) is 6.51. The second-order valence-electron chi connectivity index (χ2n) is 4.47. The van der Waals surface area contributed by atoms with Gasteiger partial charge in [-0.1, -0.05) is 18.2 Å². The molecule has 1 aromatic heterocycles. The average Bonchev–Trinajstić information content (AvgIpc) is 2.34. The van der Waals surface area contributed by atoms with Crippen molar-refractivity contribution >= 4 is 0 Å². The van der Waals surface area contributed by atoms with Crippen molar-refractivity contribution in [1.82, 2.24) is 4.98 Å². The molecule has 2 rings (SSSR count). The molecule has 0 saturated carbocycles. The van der Waals surface area contributed by atoms with Crippen LogP contribution in [-0.4, -0.2) is 4.98 Å². The van der Waals surface area contributed by atoms with Crippen LogP contribution in [0.5, 0.6) is 11.6 Å². The molecule has 18 heavy (non-hydrogen) atoms. The van der Waals surface area contributed by atoms with Crippen molar-refractivity contribution in [3.05, 3.63) is 52.7 Å². The van der Waals surface area contributed by atoms with Crippen LogP contribution >= 0.6 is 0 Å². The molecule has 0 spiro atoms. The number of ether oxygens (including phenoxy) is 1. The van der Waals surface area contributed by atoms with E-state index < -0.39 is 0 Å². The zero-order chi connectivity index (χ0) is 13.1. The van der Waals surface area contributed by atoms with Crippen LogP contribution in [0.15, 0.2) is 30.3 Å². The molecule has 2 N–H and O–H groups in total. The Morgan fingerprint density at radius 2 is 1.89 bits per heavy atom. The van der Waals surface area contributed by atoms with Crippen molar-refractivity contribution < 1.29 is 4.74 Å². The highest BCUT2D eigenvalue weighted by molar-refractivity contribution is 5.38. The van der Waals surface area contributed by atoms with Crippen LogP contribution in [0.4, 0.5) is 0 Å². The summed E-state index contributed by atoms with van der Waals surface area (Å²) in [5.41, 5.74) is 9.85. The van der Waals surface area contributed by atoms with E-state index >= 15 is 0 Å². The van der Waals surface area contributed by atoms with Gasteiger partial charge in [0.2, 0.25) is 5.88 Å². The molecule has 0 aliphatic heterocycles. The minimum atomic E-state index is 0.503. The first-order valence-corrected chi connectivity index (χ1v) is 6.02. The molecule has 0 saturated heterocycles. The van der Waals surface area contributed by atoms with Gasteiger partial charge in [0, 0.05) is 18.3 Å². The first kappa shape index (κ1) is 12.6. The van der Waals surface area contributed by atoms with Crippen molar-refractivity contribution in [3.8, 4) is 11.6 Å². The minimum Gasteiger partial charge on any atom is -0.439 e. The van der Waals surface area contributed by atoms with Gasteiger partial charge in [0.05, 0.1) is 0 Å². The van der Waals surface area contributed by atoms with E-state index in [0.717, 1.165) is 22.6 Å². The van der Waals surface area contributed by atoms with Crippen molar-refractivity contribution in [2.24, 2.45) is 5.73 Å². The molecule has 3 heteroatoms. The monoisotopic (exact) mass is 242 g/mol. The molecule has 1 heterocycles. The zero-order valence-corrected chi connectivity index (χ0v) is 11.0. The maximum absolute atomic E-state index is 5.82. The fraction of sp³-hybridized carbons (Fsp3) is 0.267. The van der Waals surface area contributed by atoms with Crippen LogP contribution in [-0.2, 0) is 6.54 Å². The van der Waals surface area contributed by atoms with Gasteiger partial charge in [-0.3, -0.25) is 0 Å². The van der Waals surface area contributed by atoms with Crippen LogP contribution in [0.25, 0.3) is 0 Å². The van der Waals surface area contributed by atoms with Gasteiger partial charge in [0.1, 0.15) is 5.75 Å². The third-order valence-electron chi connectivity index (χ3n) is 2.95. The van der Waals surface area contributed by atoms with Crippen LogP contribution in [0.2, 0.25) is 0 Å².